The molecule has 24 heavy (non-hydrogen) atoms. The highest BCUT2D eigenvalue weighted by Gasteiger charge is 2.17. The second-order valence-electron chi connectivity index (χ2n) is 5.36. The van der Waals surface area contributed by atoms with Gasteiger partial charge < -0.3 is 15.6 Å². The summed E-state index contributed by atoms with van der Waals surface area (Å²) in [5.74, 6) is -1.07. The number of carbonyl (C=O) groups excluding carboxylic acids is 1. The number of aromatic nitrogens is 1. The fourth-order valence-corrected chi connectivity index (χ4v) is 2.65. The summed E-state index contributed by atoms with van der Waals surface area (Å²) >= 11 is 0. The van der Waals surface area contributed by atoms with Crippen molar-refractivity contribution in [1.82, 2.24) is 4.57 Å². The number of aryl methyl sites for hydroxylation is 1. The van der Waals surface area contributed by atoms with E-state index in [9.17, 15) is 14.0 Å². The Morgan fingerprint density at radius 3 is 2.71 bits per heavy atom. The van der Waals surface area contributed by atoms with E-state index in [1.54, 1.807) is 28.8 Å². The standard InChI is InChI=1S/C18H16FN3O2/c1-2-22-10-13(17(23)16-14(20)7-4-8-15(16)22)18(24)21-12-6-3-5-11(19)9-12/h3-10H,2,20H2,1H3,(H,21,24). The molecule has 6 heteroatoms. The van der Waals surface area contributed by atoms with E-state index in [2.05, 4.69) is 5.32 Å². The van der Waals surface area contributed by atoms with E-state index in [1.807, 2.05) is 6.92 Å². The van der Waals surface area contributed by atoms with E-state index in [1.165, 1.54) is 24.4 Å². The molecule has 0 aliphatic rings. The van der Waals surface area contributed by atoms with Gasteiger partial charge in [0.1, 0.15) is 11.4 Å². The van der Waals surface area contributed by atoms with Gasteiger partial charge in [0.15, 0.2) is 0 Å². The second kappa shape index (κ2) is 6.16. The summed E-state index contributed by atoms with van der Waals surface area (Å²) in [6, 6.07) is 10.7. The average Bonchev–Trinajstić information content (AvgIpc) is 2.55. The van der Waals surface area contributed by atoms with Gasteiger partial charge in [-0.25, -0.2) is 4.39 Å². The number of nitrogens with one attached hydrogen (secondary N) is 1. The average molecular weight is 325 g/mol. The van der Waals surface area contributed by atoms with Gasteiger partial charge in [0.05, 0.1) is 10.9 Å². The number of anilines is 2. The van der Waals surface area contributed by atoms with E-state index in [0.717, 1.165) is 0 Å². The summed E-state index contributed by atoms with van der Waals surface area (Å²) < 4.78 is 15.0. The maximum Gasteiger partial charge on any atom is 0.261 e. The molecule has 3 N–H and O–H groups in total. The summed E-state index contributed by atoms with van der Waals surface area (Å²) in [6.45, 7) is 2.47. The Kier molecular flexibility index (Phi) is 4.04. The van der Waals surface area contributed by atoms with Crippen LogP contribution in [0.15, 0.2) is 53.5 Å². The van der Waals surface area contributed by atoms with Crippen molar-refractivity contribution in [3.63, 3.8) is 0 Å². The first-order chi connectivity index (χ1) is 11.5. The molecule has 3 rings (SSSR count). The van der Waals surface area contributed by atoms with Crippen LogP contribution in [0.3, 0.4) is 0 Å². The van der Waals surface area contributed by atoms with Gasteiger partial charge in [-0.15, -0.1) is 0 Å². The molecule has 0 bridgehead atoms. The molecule has 122 valence electrons. The number of amides is 1. The van der Waals surface area contributed by atoms with Gasteiger partial charge in [-0.1, -0.05) is 12.1 Å². The third-order valence-corrected chi connectivity index (χ3v) is 3.81. The lowest BCUT2D eigenvalue weighted by Crippen LogP contribution is -2.24. The molecule has 0 aliphatic carbocycles. The number of nitrogens with zero attached hydrogens (tertiary/aromatic N) is 1. The number of rotatable bonds is 3. The molecule has 0 unspecified atom stereocenters. The number of benzene rings is 2. The van der Waals surface area contributed by atoms with Crippen LogP contribution in [0, 0.1) is 5.82 Å². The molecular weight excluding hydrogens is 309 g/mol. The van der Waals surface area contributed by atoms with Gasteiger partial charge in [-0.05, 0) is 37.3 Å². The monoisotopic (exact) mass is 325 g/mol. The van der Waals surface area contributed by atoms with Crippen molar-refractivity contribution in [1.29, 1.82) is 0 Å². The van der Waals surface area contributed by atoms with Crippen molar-refractivity contribution in [2.24, 2.45) is 0 Å². The minimum absolute atomic E-state index is 0.0356. The van der Waals surface area contributed by atoms with Crippen LogP contribution in [0.5, 0.6) is 0 Å². The molecule has 0 saturated heterocycles. The van der Waals surface area contributed by atoms with Crippen molar-refractivity contribution in [2.45, 2.75) is 13.5 Å². The number of hydrogen-bond acceptors (Lipinski definition) is 3. The summed E-state index contributed by atoms with van der Waals surface area (Å²) in [6.07, 6.45) is 1.50. The van der Waals surface area contributed by atoms with Crippen molar-refractivity contribution in [3.8, 4) is 0 Å². The first kappa shape index (κ1) is 15.7. The predicted octanol–water partition coefficient (Wildman–Crippen LogP) is 3.00. The zero-order valence-corrected chi connectivity index (χ0v) is 13.0. The predicted molar refractivity (Wildman–Crippen MR) is 92.6 cm³/mol. The quantitative estimate of drug-likeness (QED) is 0.727. The van der Waals surface area contributed by atoms with Crippen LogP contribution in [0.25, 0.3) is 10.9 Å². The number of fused-ring (bicyclic) bond motifs is 1. The first-order valence-corrected chi connectivity index (χ1v) is 7.50. The highest BCUT2D eigenvalue weighted by molar-refractivity contribution is 6.06. The fraction of sp³-hybridized carbons (Fsp3) is 0.111. The number of pyridine rings is 1. The largest absolute Gasteiger partial charge is 0.398 e. The van der Waals surface area contributed by atoms with Gasteiger partial charge >= 0.3 is 0 Å². The topological polar surface area (TPSA) is 77.1 Å². The molecule has 0 atom stereocenters. The molecule has 1 aromatic heterocycles. The van der Waals surface area contributed by atoms with Crippen molar-refractivity contribution in [3.05, 3.63) is 70.3 Å². The van der Waals surface area contributed by atoms with E-state index in [4.69, 9.17) is 5.73 Å². The van der Waals surface area contributed by atoms with Crippen LogP contribution in [0.4, 0.5) is 15.8 Å². The number of nitrogens with two attached hydrogens (primary N) is 1. The SMILES string of the molecule is CCn1cc(C(=O)Nc2cccc(F)c2)c(=O)c2c(N)cccc21. The van der Waals surface area contributed by atoms with E-state index in [-0.39, 0.29) is 11.3 Å². The lowest BCUT2D eigenvalue weighted by molar-refractivity contribution is 0.102. The van der Waals surface area contributed by atoms with Gasteiger partial charge in [0, 0.05) is 24.1 Å². The first-order valence-electron chi connectivity index (χ1n) is 7.50. The summed E-state index contributed by atoms with van der Waals surface area (Å²) in [7, 11) is 0. The van der Waals surface area contributed by atoms with Crippen molar-refractivity contribution in [2.75, 3.05) is 11.1 Å². The highest BCUT2D eigenvalue weighted by Crippen LogP contribution is 2.19. The van der Waals surface area contributed by atoms with Crippen LogP contribution in [-0.4, -0.2) is 10.5 Å². The van der Waals surface area contributed by atoms with Gasteiger partial charge in [-0.2, -0.15) is 0 Å². The zero-order chi connectivity index (χ0) is 17.3. The van der Waals surface area contributed by atoms with E-state index in [0.29, 0.717) is 23.1 Å². The molecule has 2 aromatic carbocycles. The number of halogens is 1. The van der Waals surface area contributed by atoms with Crippen LogP contribution < -0.4 is 16.5 Å². The minimum atomic E-state index is -0.599. The molecule has 0 radical (unpaired) electrons. The molecular formula is C18H16FN3O2. The number of hydrogen-bond donors (Lipinski definition) is 2. The lowest BCUT2D eigenvalue weighted by Gasteiger charge is -2.13. The third-order valence-electron chi connectivity index (χ3n) is 3.81. The van der Waals surface area contributed by atoms with Crippen LogP contribution in [0.1, 0.15) is 17.3 Å². The molecule has 0 aliphatic heterocycles. The molecule has 0 spiro atoms. The Morgan fingerprint density at radius 1 is 1.25 bits per heavy atom. The van der Waals surface area contributed by atoms with E-state index >= 15 is 0 Å². The van der Waals surface area contributed by atoms with Crippen LogP contribution in [0.2, 0.25) is 0 Å². The number of nitrogen functional groups attached to an aromatic ring is 1. The third kappa shape index (κ3) is 2.74. The Bertz CT molecular complexity index is 995. The second-order valence-corrected chi connectivity index (χ2v) is 5.36. The Morgan fingerprint density at radius 2 is 2.00 bits per heavy atom. The van der Waals surface area contributed by atoms with E-state index < -0.39 is 17.2 Å². The fourth-order valence-electron chi connectivity index (χ4n) is 2.65. The number of carbonyl (C=O) groups is 1. The molecule has 0 fully saturated rings. The van der Waals surface area contributed by atoms with Crippen LogP contribution >= 0.6 is 0 Å². The van der Waals surface area contributed by atoms with Crippen molar-refractivity contribution < 1.29 is 9.18 Å². The summed E-state index contributed by atoms with van der Waals surface area (Å²) in [5.41, 5.74) is 6.72. The summed E-state index contributed by atoms with van der Waals surface area (Å²) in [5, 5.41) is 2.85. The molecule has 1 heterocycles. The lowest BCUT2D eigenvalue weighted by atomic mass is 10.1. The zero-order valence-electron chi connectivity index (χ0n) is 13.0. The molecule has 0 saturated carbocycles. The Hall–Kier alpha value is -3.15. The minimum Gasteiger partial charge on any atom is -0.398 e. The van der Waals surface area contributed by atoms with Gasteiger partial charge in [0.25, 0.3) is 5.91 Å². The molecule has 5 nitrogen and oxygen atoms in total. The summed E-state index contributed by atoms with van der Waals surface area (Å²) in [4.78, 5) is 25.2. The Labute approximate surface area is 137 Å². The van der Waals surface area contributed by atoms with Crippen molar-refractivity contribution >= 4 is 28.2 Å². The van der Waals surface area contributed by atoms with Gasteiger partial charge in [-0.3, -0.25) is 9.59 Å². The maximum atomic E-state index is 13.2. The normalized spacial score (nSPS) is 10.8. The molecule has 3 aromatic rings. The van der Waals surface area contributed by atoms with Crippen LogP contribution in [-0.2, 0) is 6.54 Å². The van der Waals surface area contributed by atoms with Gasteiger partial charge in [0.2, 0.25) is 5.43 Å². The smallest absolute Gasteiger partial charge is 0.261 e. The Balaban J connectivity index is 2.12. The molecule has 1 amide bonds. The maximum absolute atomic E-state index is 13.2. The highest BCUT2D eigenvalue weighted by atomic mass is 19.1.